The molecule has 0 heterocycles. The zero-order valence-corrected chi connectivity index (χ0v) is 13.9. The molecule has 108 valence electrons. The van der Waals surface area contributed by atoms with Crippen LogP contribution in [0.3, 0.4) is 0 Å². The number of aryl methyl sites for hydroxylation is 1. The Balaban J connectivity index is 3.32. The summed E-state index contributed by atoms with van der Waals surface area (Å²) < 4.78 is 0. The second kappa shape index (κ2) is 5.56. The van der Waals surface area contributed by atoms with Gasteiger partial charge in [0.25, 0.3) is 0 Å². The van der Waals surface area contributed by atoms with Crippen LogP contribution >= 0.6 is 0 Å². The summed E-state index contributed by atoms with van der Waals surface area (Å²) in [4.78, 5) is 0. The monoisotopic (exact) mass is 262 g/mol. The average Bonchev–Trinajstić information content (AvgIpc) is 2.27. The van der Waals surface area contributed by atoms with E-state index in [2.05, 4.69) is 47.6 Å². The number of rotatable bonds is 3. The van der Waals surface area contributed by atoms with Crippen molar-refractivity contribution in [3.63, 3.8) is 0 Å². The van der Waals surface area contributed by atoms with Crippen LogP contribution in [0.2, 0.25) is 0 Å². The molecule has 1 atom stereocenters. The summed E-state index contributed by atoms with van der Waals surface area (Å²) in [6, 6.07) is 2.19. The minimum atomic E-state index is 0.321. The standard InChI is InChI=1S/C18H30O/c1-11(2)16(10-18(6,7)8)15-9-12(3)17(19)14(5)13(15)4/h9,11,16,19H,10H2,1-8H3. The molecule has 0 aliphatic rings. The van der Waals surface area contributed by atoms with Crippen molar-refractivity contribution < 1.29 is 5.11 Å². The van der Waals surface area contributed by atoms with Crippen molar-refractivity contribution in [3.8, 4) is 5.75 Å². The lowest BCUT2D eigenvalue weighted by Gasteiger charge is -2.31. The van der Waals surface area contributed by atoms with E-state index in [0.717, 1.165) is 11.1 Å². The molecule has 1 heteroatoms. The topological polar surface area (TPSA) is 20.2 Å². The van der Waals surface area contributed by atoms with Gasteiger partial charge in [-0.15, -0.1) is 0 Å². The molecule has 0 spiro atoms. The van der Waals surface area contributed by atoms with Gasteiger partial charge in [0, 0.05) is 0 Å². The van der Waals surface area contributed by atoms with E-state index >= 15 is 0 Å². The molecule has 0 fully saturated rings. The second-order valence-electron chi connectivity index (χ2n) is 7.50. The van der Waals surface area contributed by atoms with Crippen molar-refractivity contribution >= 4 is 0 Å². The Bertz CT molecular complexity index is 450. The predicted molar refractivity (Wildman–Crippen MR) is 84.0 cm³/mol. The first-order valence-corrected chi connectivity index (χ1v) is 7.34. The number of phenolic OH excluding ortho intramolecular Hbond substituents is 1. The Morgan fingerprint density at radius 3 is 2.00 bits per heavy atom. The molecule has 1 N–H and O–H groups in total. The predicted octanol–water partition coefficient (Wildman–Crippen LogP) is 5.49. The van der Waals surface area contributed by atoms with Crippen LogP contribution in [0, 0.1) is 32.1 Å². The number of benzene rings is 1. The Kier molecular flexibility index (Phi) is 4.71. The maximum atomic E-state index is 10.1. The van der Waals surface area contributed by atoms with Crippen molar-refractivity contribution in [2.75, 3.05) is 0 Å². The summed E-state index contributed by atoms with van der Waals surface area (Å²) in [5.41, 5.74) is 5.03. The summed E-state index contributed by atoms with van der Waals surface area (Å²) >= 11 is 0. The molecular formula is C18H30O. The molecule has 0 aromatic heterocycles. The summed E-state index contributed by atoms with van der Waals surface area (Å²) in [6.07, 6.45) is 1.18. The van der Waals surface area contributed by atoms with Gasteiger partial charge >= 0.3 is 0 Å². The largest absolute Gasteiger partial charge is 0.507 e. The molecule has 1 unspecified atom stereocenters. The quantitative estimate of drug-likeness (QED) is 0.763. The smallest absolute Gasteiger partial charge is 0.121 e. The van der Waals surface area contributed by atoms with Crippen LogP contribution < -0.4 is 0 Å². The van der Waals surface area contributed by atoms with E-state index in [4.69, 9.17) is 0 Å². The van der Waals surface area contributed by atoms with Crippen LogP contribution in [-0.2, 0) is 0 Å². The maximum absolute atomic E-state index is 10.1. The molecular weight excluding hydrogens is 232 g/mol. The normalized spacial score (nSPS) is 13.9. The molecule has 0 aliphatic heterocycles. The van der Waals surface area contributed by atoms with Gasteiger partial charge in [0.15, 0.2) is 0 Å². The van der Waals surface area contributed by atoms with Crippen LogP contribution in [0.15, 0.2) is 6.07 Å². The van der Waals surface area contributed by atoms with E-state index in [-0.39, 0.29) is 0 Å². The molecule has 1 aromatic rings. The lowest BCUT2D eigenvalue weighted by Crippen LogP contribution is -2.17. The fourth-order valence-electron chi connectivity index (χ4n) is 2.85. The second-order valence-corrected chi connectivity index (χ2v) is 7.50. The molecule has 1 nitrogen and oxygen atoms in total. The van der Waals surface area contributed by atoms with E-state index < -0.39 is 0 Å². The summed E-state index contributed by atoms with van der Waals surface area (Å²) in [6.45, 7) is 17.7. The Hall–Kier alpha value is -0.980. The van der Waals surface area contributed by atoms with Crippen LogP contribution in [-0.4, -0.2) is 5.11 Å². The summed E-state index contributed by atoms with van der Waals surface area (Å²) in [5, 5.41) is 10.1. The van der Waals surface area contributed by atoms with Crippen LogP contribution in [0.25, 0.3) is 0 Å². The number of hydrogen-bond acceptors (Lipinski definition) is 1. The molecule has 19 heavy (non-hydrogen) atoms. The number of aromatic hydroxyl groups is 1. The van der Waals surface area contributed by atoms with Gasteiger partial charge in [-0.3, -0.25) is 0 Å². The fraction of sp³-hybridized carbons (Fsp3) is 0.667. The molecule has 0 saturated heterocycles. The molecule has 0 amide bonds. The van der Waals surface area contributed by atoms with Gasteiger partial charge < -0.3 is 5.11 Å². The van der Waals surface area contributed by atoms with Gasteiger partial charge in [-0.1, -0.05) is 40.7 Å². The molecule has 0 saturated carbocycles. The molecule has 1 rings (SSSR count). The molecule has 1 aromatic carbocycles. The van der Waals surface area contributed by atoms with Gasteiger partial charge in [-0.05, 0) is 66.7 Å². The van der Waals surface area contributed by atoms with Crippen LogP contribution in [0.1, 0.15) is 69.2 Å². The van der Waals surface area contributed by atoms with E-state index in [1.807, 2.05) is 13.8 Å². The molecule has 0 aliphatic carbocycles. The highest BCUT2D eigenvalue weighted by Crippen LogP contribution is 2.40. The van der Waals surface area contributed by atoms with Crippen LogP contribution in [0.5, 0.6) is 5.75 Å². The van der Waals surface area contributed by atoms with Crippen molar-refractivity contribution in [1.82, 2.24) is 0 Å². The first-order valence-electron chi connectivity index (χ1n) is 7.34. The van der Waals surface area contributed by atoms with Gasteiger partial charge in [-0.2, -0.15) is 0 Å². The highest BCUT2D eigenvalue weighted by atomic mass is 16.3. The highest BCUT2D eigenvalue weighted by Gasteiger charge is 2.25. The fourth-order valence-corrected chi connectivity index (χ4v) is 2.85. The minimum absolute atomic E-state index is 0.321. The van der Waals surface area contributed by atoms with E-state index in [9.17, 15) is 5.11 Å². The van der Waals surface area contributed by atoms with E-state index in [0.29, 0.717) is 23.0 Å². The maximum Gasteiger partial charge on any atom is 0.121 e. The van der Waals surface area contributed by atoms with Crippen LogP contribution in [0.4, 0.5) is 0 Å². The van der Waals surface area contributed by atoms with E-state index in [1.165, 1.54) is 17.5 Å². The van der Waals surface area contributed by atoms with Gasteiger partial charge in [0.2, 0.25) is 0 Å². The zero-order valence-electron chi connectivity index (χ0n) is 13.9. The lowest BCUT2D eigenvalue weighted by molar-refractivity contribution is 0.300. The highest BCUT2D eigenvalue weighted by molar-refractivity contribution is 5.49. The summed E-state index contributed by atoms with van der Waals surface area (Å²) in [5.74, 6) is 1.62. The Labute approximate surface area is 119 Å². The summed E-state index contributed by atoms with van der Waals surface area (Å²) in [7, 11) is 0. The van der Waals surface area contributed by atoms with Gasteiger partial charge in [-0.25, -0.2) is 0 Å². The van der Waals surface area contributed by atoms with Crippen molar-refractivity contribution in [2.45, 2.75) is 67.7 Å². The number of hydrogen-bond donors (Lipinski definition) is 1. The van der Waals surface area contributed by atoms with Gasteiger partial charge in [0.1, 0.15) is 5.75 Å². The number of phenols is 1. The third-order valence-corrected chi connectivity index (χ3v) is 4.13. The lowest BCUT2D eigenvalue weighted by atomic mass is 9.74. The first kappa shape index (κ1) is 16.1. The molecule has 0 radical (unpaired) electrons. The third kappa shape index (κ3) is 3.75. The van der Waals surface area contributed by atoms with Crippen molar-refractivity contribution in [2.24, 2.45) is 11.3 Å². The van der Waals surface area contributed by atoms with E-state index in [1.54, 1.807) is 0 Å². The van der Waals surface area contributed by atoms with Gasteiger partial charge in [0.05, 0.1) is 0 Å². The van der Waals surface area contributed by atoms with Crippen molar-refractivity contribution in [3.05, 3.63) is 28.3 Å². The van der Waals surface area contributed by atoms with Crippen molar-refractivity contribution in [1.29, 1.82) is 0 Å². The Morgan fingerprint density at radius 2 is 1.58 bits per heavy atom. The minimum Gasteiger partial charge on any atom is -0.507 e. The Morgan fingerprint density at radius 1 is 1.05 bits per heavy atom. The third-order valence-electron chi connectivity index (χ3n) is 4.13. The SMILES string of the molecule is Cc1cc(C(CC(C)(C)C)C(C)C)c(C)c(C)c1O. The first-order chi connectivity index (χ1) is 8.54. The molecule has 0 bridgehead atoms. The zero-order chi connectivity index (χ0) is 15.0. The average molecular weight is 262 g/mol.